The smallest absolute Gasteiger partial charge is 0.410 e. The van der Waals surface area contributed by atoms with Crippen molar-refractivity contribution in [2.45, 2.75) is 64.6 Å². The normalized spacial score (nSPS) is 22.8. The Hall–Kier alpha value is -1.07. The van der Waals surface area contributed by atoms with E-state index in [0.29, 0.717) is 19.5 Å². The van der Waals surface area contributed by atoms with Gasteiger partial charge in [0.1, 0.15) is 26.6 Å². The maximum Gasteiger partial charge on any atom is 0.410 e. The molecule has 0 spiro atoms. The molecular weight excluding hydrogens is 338 g/mol. The highest BCUT2D eigenvalue weighted by molar-refractivity contribution is 6.83. The van der Waals surface area contributed by atoms with E-state index in [1.54, 1.807) is 12.0 Å². The van der Waals surface area contributed by atoms with Crippen molar-refractivity contribution in [3.8, 4) is 11.5 Å². The predicted molar refractivity (Wildman–Crippen MR) is 99.8 cm³/mol. The summed E-state index contributed by atoms with van der Waals surface area (Å²) in [5, 5.41) is 10.5. The molecule has 3 unspecified atom stereocenters. The maximum absolute atomic E-state index is 12.3. The minimum absolute atomic E-state index is 0.109. The van der Waals surface area contributed by atoms with Crippen LogP contribution in [0, 0.1) is 17.4 Å². The lowest BCUT2D eigenvalue weighted by molar-refractivity contribution is -0.126. The van der Waals surface area contributed by atoms with Crippen LogP contribution in [0.1, 0.15) is 27.2 Å². The summed E-state index contributed by atoms with van der Waals surface area (Å²) in [4.78, 5) is 13.9. The van der Waals surface area contributed by atoms with Crippen LogP contribution in [0.5, 0.6) is 0 Å². The molecule has 7 heteroatoms. The summed E-state index contributed by atoms with van der Waals surface area (Å²) in [5.74, 6) is 2.84. The van der Waals surface area contributed by atoms with Gasteiger partial charge >= 0.3 is 6.09 Å². The molecule has 0 radical (unpaired) electrons. The molecule has 144 valence electrons. The highest BCUT2D eigenvalue weighted by Crippen LogP contribution is 2.25. The van der Waals surface area contributed by atoms with Crippen molar-refractivity contribution in [2.24, 2.45) is 5.92 Å². The maximum atomic E-state index is 12.3. The number of amides is 1. The molecule has 0 aliphatic carbocycles. The van der Waals surface area contributed by atoms with Gasteiger partial charge in [0.2, 0.25) is 0 Å². The molecule has 3 atom stereocenters. The van der Waals surface area contributed by atoms with Crippen molar-refractivity contribution in [3.05, 3.63) is 0 Å². The molecule has 1 aliphatic heterocycles. The van der Waals surface area contributed by atoms with E-state index in [0.717, 1.165) is 0 Å². The van der Waals surface area contributed by atoms with Crippen LogP contribution in [0.2, 0.25) is 19.6 Å². The van der Waals surface area contributed by atoms with E-state index in [4.69, 9.17) is 14.2 Å². The first kappa shape index (κ1) is 22.0. The lowest BCUT2D eigenvalue weighted by Gasteiger charge is -2.39. The van der Waals surface area contributed by atoms with Crippen LogP contribution in [0.15, 0.2) is 0 Å². The van der Waals surface area contributed by atoms with Crippen molar-refractivity contribution in [3.63, 3.8) is 0 Å². The van der Waals surface area contributed by atoms with Crippen molar-refractivity contribution in [1.29, 1.82) is 0 Å². The lowest BCUT2D eigenvalue weighted by atomic mass is 9.89. The fourth-order valence-electron chi connectivity index (χ4n) is 2.52. The Balaban J connectivity index is 2.81. The summed E-state index contributed by atoms with van der Waals surface area (Å²) in [6.07, 6.45) is -0.865. The largest absolute Gasteiger partial charge is 0.444 e. The van der Waals surface area contributed by atoms with Gasteiger partial charge in [0.05, 0.1) is 12.6 Å². The van der Waals surface area contributed by atoms with Gasteiger partial charge in [-0.25, -0.2) is 4.79 Å². The van der Waals surface area contributed by atoms with Gasteiger partial charge in [-0.2, -0.15) is 0 Å². The minimum Gasteiger partial charge on any atom is -0.444 e. The Morgan fingerprint density at radius 2 is 2.00 bits per heavy atom. The summed E-state index contributed by atoms with van der Waals surface area (Å²) < 4.78 is 16.1. The van der Waals surface area contributed by atoms with Gasteiger partial charge in [0.15, 0.2) is 0 Å². The zero-order valence-corrected chi connectivity index (χ0v) is 17.6. The van der Waals surface area contributed by atoms with Crippen LogP contribution in [0.3, 0.4) is 0 Å². The molecule has 0 bridgehead atoms. The second-order valence-corrected chi connectivity index (χ2v) is 13.2. The fourth-order valence-corrected chi connectivity index (χ4v) is 3.10. The Morgan fingerprint density at radius 3 is 2.52 bits per heavy atom. The van der Waals surface area contributed by atoms with Crippen molar-refractivity contribution in [1.82, 2.24) is 4.90 Å². The summed E-state index contributed by atoms with van der Waals surface area (Å²) in [7, 11) is -0.0137. The van der Waals surface area contributed by atoms with E-state index in [2.05, 4.69) is 31.1 Å². The van der Waals surface area contributed by atoms with Crippen LogP contribution in [-0.2, 0) is 14.2 Å². The molecule has 0 saturated carbocycles. The number of hydrogen-bond donors (Lipinski definition) is 1. The Morgan fingerprint density at radius 1 is 1.36 bits per heavy atom. The monoisotopic (exact) mass is 371 g/mol. The van der Waals surface area contributed by atoms with Crippen LogP contribution >= 0.6 is 0 Å². The summed E-state index contributed by atoms with van der Waals surface area (Å²) in [5.41, 5.74) is 2.66. The predicted octanol–water partition coefficient (Wildman–Crippen LogP) is 2.47. The van der Waals surface area contributed by atoms with E-state index in [1.165, 1.54) is 0 Å². The number of carbonyl (C=O) groups is 1. The first-order chi connectivity index (χ1) is 11.4. The third-order valence-electron chi connectivity index (χ3n) is 3.66. The number of hydrogen-bond acceptors (Lipinski definition) is 5. The van der Waals surface area contributed by atoms with E-state index in [9.17, 15) is 9.90 Å². The lowest BCUT2D eigenvalue weighted by Crippen LogP contribution is -2.52. The highest BCUT2D eigenvalue weighted by Gasteiger charge is 2.37. The van der Waals surface area contributed by atoms with E-state index >= 15 is 0 Å². The van der Waals surface area contributed by atoms with Crippen LogP contribution in [0.25, 0.3) is 0 Å². The number of aliphatic hydroxyl groups excluding tert-OH is 1. The summed E-state index contributed by atoms with van der Waals surface area (Å²) >= 11 is 0. The van der Waals surface area contributed by atoms with Crippen LogP contribution in [-0.4, -0.2) is 69.0 Å². The number of likely N-dealkylation sites (tertiary alicyclic amines) is 1. The van der Waals surface area contributed by atoms with E-state index in [-0.39, 0.29) is 24.9 Å². The zero-order chi connectivity index (χ0) is 19.3. The Bertz CT molecular complexity index is 500. The summed E-state index contributed by atoms with van der Waals surface area (Å²) in [6.45, 7) is 12.9. The van der Waals surface area contributed by atoms with Crippen LogP contribution < -0.4 is 0 Å². The number of rotatable bonds is 4. The van der Waals surface area contributed by atoms with Gasteiger partial charge in [-0.3, -0.25) is 0 Å². The molecule has 1 amide bonds. The topological polar surface area (TPSA) is 68.2 Å². The van der Waals surface area contributed by atoms with Crippen molar-refractivity contribution < 1.29 is 24.1 Å². The number of nitrogens with zero attached hydrogens (tertiary/aromatic N) is 1. The first-order valence-corrected chi connectivity index (χ1v) is 12.2. The van der Waals surface area contributed by atoms with Gasteiger partial charge in [-0.1, -0.05) is 25.6 Å². The average molecular weight is 372 g/mol. The molecule has 1 fully saturated rings. The molecule has 1 aliphatic rings. The van der Waals surface area contributed by atoms with E-state index in [1.807, 2.05) is 20.8 Å². The van der Waals surface area contributed by atoms with Gasteiger partial charge < -0.3 is 24.2 Å². The van der Waals surface area contributed by atoms with Gasteiger partial charge in [0.25, 0.3) is 0 Å². The Labute approximate surface area is 152 Å². The molecule has 1 rings (SSSR count). The summed E-state index contributed by atoms with van der Waals surface area (Å²) in [6, 6.07) is 0. The number of methoxy groups -OCH3 is 1. The number of aliphatic hydroxyl groups is 1. The van der Waals surface area contributed by atoms with Gasteiger partial charge in [-0.05, 0) is 27.2 Å². The second kappa shape index (κ2) is 9.04. The molecule has 0 aromatic heterocycles. The Kier molecular flexibility index (Phi) is 7.94. The van der Waals surface area contributed by atoms with Gasteiger partial charge in [-0.15, -0.1) is 5.54 Å². The van der Waals surface area contributed by atoms with Crippen molar-refractivity contribution >= 4 is 14.2 Å². The molecule has 0 aromatic carbocycles. The number of piperidine rings is 1. The molecule has 6 nitrogen and oxygen atoms in total. The standard InChI is InChI=1S/C18H33NO5Si/c1-18(2,3)24-17(21)19-10-8-14(16(12-19)23-13-22-4)15(20)9-11-25(5,6)7/h14-16,20H,8,10,12-13H2,1-7H3. The molecule has 1 N–H and O–H groups in total. The third kappa shape index (κ3) is 8.23. The van der Waals surface area contributed by atoms with Gasteiger partial charge in [0, 0.05) is 19.6 Å². The average Bonchev–Trinajstić information content (AvgIpc) is 2.47. The van der Waals surface area contributed by atoms with Crippen molar-refractivity contribution in [2.75, 3.05) is 27.0 Å². The first-order valence-electron chi connectivity index (χ1n) is 8.72. The fraction of sp³-hybridized carbons (Fsp3) is 0.833. The third-order valence-corrected chi connectivity index (χ3v) is 4.56. The quantitative estimate of drug-likeness (QED) is 0.467. The van der Waals surface area contributed by atoms with Crippen LogP contribution in [0.4, 0.5) is 4.79 Å². The second-order valence-electron chi connectivity index (χ2n) is 8.45. The molecule has 1 saturated heterocycles. The SMILES string of the molecule is COCOC1CN(C(=O)OC(C)(C)C)CCC1C(O)C#C[Si](C)(C)C. The zero-order valence-electron chi connectivity index (χ0n) is 16.6. The van der Waals surface area contributed by atoms with E-state index < -0.39 is 19.8 Å². The molecule has 25 heavy (non-hydrogen) atoms. The molecule has 1 heterocycles. The number of carbonyl (C=O) groups excluding carboxylic acids is 1. The highest BCUT2D eigenvalue weighted by atomic mass is 28.3. The minimum atomic E-state index is -1.56. The molecule has 0 aromatic rings. The number of ether oxygens (including phenoxy) is 3. The molecular formula is C18H33NO5Si.